The molecule has 0 radical (unpaired) electrons. The summed E-state index contributed by atoms with van der Waals surface area (Å²) in [4.78, 5) is 12.0. The summed E-state index contributed by atoms with van der Waals surface area (Å²) < 4.78 is 13.8. The molecule has 2 nitrogen and oxygen atoms in total. The predicted octanol–water partition coefficient (Wildman–Crippen LogP) is 3.97. The van der Waals surface area contributed by atoms with Crippen LogP contribution in [0.25, 0.3) is 0 Å². The van der Waals surface area contributed by atoms with Crippen LogP contribution in [0.3, 0.4) is 0 Å². The summed E-state index contributed by atoms with van der Waals surface area (Å²) in [6.07, 6.45) is 3.41. The summed E-state index contributed by atoms with van der Waals surface area (Å²) in [5, 5.41) is 2.87. The van der Waals surface area contributed by atoms with Crippen LogP contribution in [0, 0.1) is 17.7 Å². The molecule has 1 saturated carbocycles. The van der Waals surface area contributed by atoms with E-state index >= 15 is 0 Å². The van der Waals surface area contributed by atoms with Crippen molar-refractivity contribution < 1.29 is 9.18 Å². The van der Waals surface area contributed by atoms with Crippen molar-refractivity contribution in [3.05, 3.63) is 34.1 Å². The summed E-state index contributed by atoms with van der Waals surface area (Å²) in [6, 6.07) is 4.19. The largest absolute Gasteiger partial charge is 0.352 e. The lowest BCUT2D eigenvalue weighted by Crippen LogP contribution is -2.31. The Hall–Kier alpha value is -0.610. The SMILES string of the molecule is O=C(NCC1CCCC1CCl)c1cc(F)cc(Br)c1. The van der Waals surface area contributed by atoms with E-state index in [9.17, 15) is 9.18 Å². The van der Waals surface area contributed by atoms with Gasteiger partial charge in [-0.2, -0.15) is 0 Å². The highest BCUT2D eigenvalue weighted by Crippen LogP contribution is 2.32. The summed E-state index contributed by atoms with van der Waals surface area (Å²) in [5.74, 6) is 0.922. The average Bonchev–Trinajstić information content (AvgIpc) is 2.82. The molecule has 1 N–H and O–H groups in total. The molecule has 1 aromatic rings. The first kappa shape index (κ1) is 14.8. The van der Waals surface area contributed by atoms with Crippen LogP contribution in [-0.4, -0.2) is 18.3 Å². The molecule has 0 aliphatic heterocycles. The number of nitrogens with one attached hydrogen (secondary N) is 1. The van der Waals surface area contributed by atoms with Gasteiger partial charge in [-0.25, -0.2) is 4.39 Å². The van der Waals surface area contributed by atoms with Gasteiger partial charge in [0.2, 0.25) is 0 Å². The topological polar surface area (TPSA) is 29.1 Å². The molecule has 2 unspecified atom stereocenters. The molecule has 104 valence electrons. The summed E-state index contributed by atoms with van der Waals surface area (Å²) in [5.41, 5.74) is 0.340. The Morgan fingerprint density at radius 3 is 2.79 bits per heavy atom. The number of benzene rings is 1. The van der Waals surface area contributed by atoms with Crippen molar-refractivity contribution in [3.63, 3.8) is 0 Å². The third kappa shape index (κ3) is 3.93. The summed E-state index contributed by atoms with van der Waals surface area (Å²) in [7, 11) is 0. The first-order valence-electron chi connectivity index (χ1n) is 6.40. The zero-order chi connectivity index (χ0) is 13.8. The maximum Gasteiger partial charge on any atom is 0.251 e. The van der Waals surface area contributed by atoms with Gasteiger partial charge in [0.05, 0.1) is 0 Å². The van der Waals surface area contributed by atoms with Crippen LogP contribution in [0.1, 0.15) is 29.6 Å². The first-order valence-corrected chi connectivity index (χ1v) is 7.73. The molecule has 0 bridgehead atoms. The lowest BCUT2D eigenvalue weighted by atomic mass is 9.98. The highest BCUT2D eigenvalue weighted by molar-refractivity contribution is 9.10. The Morgan fingerprint density at radius 1 is 1.37 bits per heavy atom. The Morgan fingerprint density at radius 2 is 2.11 bits per heavy atom. The van der Waals surface area contributed by atoms with Crippen molar-refractivity contribution in [2.45, 2.75) is 19.3 Å². The molecule has 1 aliphatic carbocycles. The highest BCUT2D eigenvalue weighted by atomic mass is 79.9. The van der Waals surface area contributed by atoms with Crippen molar-refractivity contribution in [1.29, 1.82) is 0 Å². The number of alkyl halides is 1. The fraction of sp³-hybridized carbons (Fsp3) is 0.500. The van der Waals surface area contributed by atoms with E-state index in [1.54, 1.807) is 6.07 Å². The Labute approximate surface area is 125 Å². The first-order chi connectivity index (χ1) is 9.10. The Balaban J connectivity index is 1.94. The third-order valence-electron chi connectivity index (χ3n) is 3.66. The minimum Gasteiger partial charge on any atom is -0.352 e. The van der Waals surface area contributed by atoms with Crippen LogP contribution in [-0.2, 0) is 0 Å². The van der Waals surface area contributed by atoms with Gasteiger partial charge in [0.15, 0.2) is 0 Å². The van der Waals surface area contributed by atoms with Crippen LogP contribution < -0.4 is 5.32 Å². The number of rotatable bonds is 4. The lowest BCUT2D eigenvalue weighted by Gasteiger charge is -2.17. The van der Waals surface area contributed by atoms with Crippen LogP contribution in [0.15, 0.2) is 22.7 Å². The van der Waals surface area contributed by atoms with E-state index in [4.69, 9.17) is 11.6 Å². The molecule has 2 rings (SSSR count). The fourth-order valence-electron chi connectivity index (χ4n) is 2.60. The van der Waals surface area contributed by atoms with Gasteiger partial charge in [-0.15, -0.1) is 11.6 Å². The van der Waals surface area contributed by atoms with Crippen molar-refractivity contribution >= 4 is 33.4 Å². The second kappa shape index (κ2) is 6.71. The van der Waals surface area contributed by atoms with Gasteiger partial charge in [0.1, 0.15) is 5.82 Å². The van der Waals surface area contributed by atoms with Crippen molar-refractivity contribution in [1.82, 2.24) is 5.32 Å². The van der Waals surface area contributed by atoms with Gasteiger partial charge in [-0.1, -0.05) is 22.4 Å². The smallest absolute Gasteiger partial charge is 0.251 e. The fourth-order valence-corrected chi connectivity index (χ4v) is 3.47. The van der Waals surface area contributed by atoms with E-state index in [1.807, 2.05) is 0 Å². The quantitative estimate of drug-likeness (QED) is 0.820. The molecular weight excluding hydrogens is 333 g/mol. The standard InChI is InChI=1S/C14H16BrClFNO/c15-12-4-11(5-13(17)6-12)14(19)18-8-10-3-1-2-9(10)7-16/h4-6,9-10H,1-3,7-8H2,(H,18,19). The molecule has 1 amide bonds. The zero-order valence-corrected chi connectivity index (χ0v) is 12.8. The predicted molar refractivity (Wildman–Crippen MR) is 78.0 cm³/mol. The molecular formula is C14H16BrClFNO. The van der Waals surface area contributed by atoms with Gasteiger partial charge in [0, 0.05) is 22.5 Å². The minimum atomic E-state index is -0.418. The van der Waals surface area contributed by atoms with Gasteiger partial charge in [-0.05, 0) is 42.9 Å². The second-order valence-corrected chi connectivity index (χ2v) is 6.20. The molecule has 19 heavy (non-hydrogen) atoms. The number of amides is 1. The van der Waals surface area contributed by atoms with E-state index in [-0.39, 0.29) is 5.91 Å². The molecule has 1 fully saturated rings. The number of hydrogen-bond donors (Lipinski definition) is 1. The molecule has 1 aromatic carbocycles. The monoisotopic (exact) mass is 347 g/mol. The normalized spacial score (nSPS) is 22.5. The maximum atomic E-state index is 13.2. The molecule has 5 heteroatoms. The van der Waals surface area contributed by atoms with Crippen LogP contribution in [0.2, 0.25) is 0 Å². The van der Waals surface area contributed by atoms with Crippen LogP contribution >= 0.6 is 27.5 Å². The Bertz CT molecular complexity index is 449. The van der Waals surface area contributed by atoms with E-state index < -0.39 is 5.82 Å². The second-order valence-electron chi connectivity index (χ2n) is 4.97. The van der Waals surface area contributed by atoms with E-state index in [0.717, 1.165) is 12.8 Å². The van der Waals surface area contributed by atoms with Crippen LogP contribution in [0.5, 0.6) is 0 Å². The zero-order valence-electron chi connectivity index (χ0n) is 10.5. The number of carbonyl (C=O) groups excluding carboxylic acids is 1. The van der Waals surface area contributed by atoms with Crippen LogP contribution in [0.4, 0.5) is 4.39 Å². The van der Waals surface area contributed by atoms with Crippen molar-refractivity contribution in [3.8, 4) is 0 Å². The average molecular weight is 349 g/mol. The molecule has 0 aromatic heterocycles. The summed E-state index contributed by atoms with van der Waals surface area (Å²) >= 11 is 9.09. The van der Waals surface area contributed by atoms with Gasteiger partial charge < -0.3 is 5.32 Å². The van der Waals surface area contributed by atoms with Crippen molar-refractivity contribution in [2.75, 3.05) is 12.4 Å². The van der Waals surface area contributed by atoms with E-state index in [2.05, 4.69) is 21.2 Å². The third-order valence-corrected chi connectivity index (χ3v) is 4.52. The molecule has 2 atom stereocenters. The number of carbonyl (C=O) groups is 1. The van der Waals surface area contributed by atoms with Crippen molar-refractivity contribution in [2.24, 2.45) is 11.8 Å². The van der Waals surface area contributed by atoms with E-state index in [1.165, 1.54) is 18.6 Å². The molecule has 0 spiro atoms. The van der Waals surface area contributed by atoms with Gasteiger partial charge in [0.25, 0.3) is 5.91 Å². The minimum absolute atomic E-state index is 0.236. The van der Waals surface area contributed by atoms with Gasteiger partial charge in [-0.3, -0.25) is 4.79 Å². The summed E-state index contributed by atoms with van der Waals surface area (Å²) in [6.45, 7) is 0.615. The lowest BCUT2D eigenvalue weighted by molar-refractivity contribution is 0.0944. The maximum absolute atomic E-state index is 13.2. The van der Waals surface area contributed by atoms with Gasteiger partial charge >= 0.3 is 0 Å². The molecule has 1 aliphatic rings. The highest BCUT2D eigenvalue weighted by Gasteiger charge is 2.26. The molecule has 0 heterocycles. The number of hydrogen-bond acceptors (Lipinski definition) is 1. The molecule has 0 saturated heterocycles. The number of halogens is 3. The Kier molecular flexibility index (Phi) is 5.22. The van der Waals surface area contributed by atoms with E-state index in [0.29, 0.717) is 34.3 Å².